The number of guanidine groups is 1. The van der Waals surface area contributed by atoms with E-state index in [9.17, 15) is 8.42 Å². The van der Waals surface area contributed by atoms with E-state index in [-0.39, 0.29) is 35.1 Å². The Bertz CT molecular complexity index is 504. The number of nitrogens with one attached hydrogen (secondary N) is 2. The highest BCUT2D eigenvalue weighted by molar-refractivity contribution is 14.0. The van der Waals surface area contributed by atoms with Gasteiger partial charge in [0, 0.05) is 46.9 Å². The van der Waals surface area contributed by atoms with Crippen LogP contribution in [0.25, 0.3) is 0 Å². The Hall–Kier alpha value is -0.130. The van der Waals surface area contributed by atoms with E-state index in [1.165, 1.54) is 30.0 Å². The Balaban J connectivity index is 0.00000625. The van der Waals surface area contributed by atoms with Gasteiger partial charge in [0.05, 0.1) is 5.75 Å². The summed E-state index contributed by atoms with van der Waals surface area (Å²) in [6.07, 6.45) is 5.98. The van der Waals surface area contributed by atoms with Gasteiger partial charge in [-0.15, -0.1) is 24.0 Å². The molecular formula is C17H37IN4O3S. The molecule has 9 heteroatoms. The Morgan fingerprint density at radius 2 is 1.81 bits per heavy atom. The van der Waals surface area contributed by atoms with Gasteiger partial charge in [-0.25, -0.2) is 12.7 Å². The van der Waals surface area contributed by atoms with Crippen LogP contribution in [0.1, 0.15) is 46.0 Å². The first kappa shape index (κ1) is 25.9. The molecule has 1 fully saturated rings. The summed E-state index contributed by atoms with van der Waals surface area (Å²) in [4.78, 5) is 4.22. The van der Waals surface area contributed by atoms with Crippen molar-refractivity contribution in [2.45, 2.75) is 46.0 Å². The zero-order valence-electron chi connectivity index (χ0n) is 16.7. The summed E-state index contributed by atoms with van der Waals surface area (Å²) in [5, 5.41) is 6.51. The van der Waals surface area contributed by atoms with E-state index in [2.05, 4.69) is 15.6 Å². The summed E-state index contributed by atoms with van der Waals surface area (Å²) in [5.74, 6) is 0.739. The number of halogens is 1. The molecule has 0 bridgehead atoms. The highest BCUT2D eigenvalue weighted by Gasteiger charge is 2.33. The molecular weight excluding hydrogens is 467 g/mol. The van der Waals surface area contributed by atoms with Gasteiger partial charge in [-0.2, -0.15) is 0 Å². The summed E-state index contributed by atoms with van der Waals surface area (Å²) in [6, 6.07) is 0. The normalized spacial score (nSPS) is 17.2. The fourth-order valence-corrected chi connectivity index (χ4v) is 4.90. The summed E-state index contributed by atoms with van der Waals surface area (Å²) in [5.41, 5.74) is 0.265. The third kappa shape index (κ3) is 8.26. The number of nitrogens with zero attached hydrogens (tertiary/aromatic N) is 2. The molecule has 0 saturated heterocycles. The maximum atomic E-state index is 12.2. The van der Waals surface area contributed by atoms with Crippen LogP contribution >= 0.6 is 24.0 Å². The van der Waals surface area contributed by atoms with Crippen molar-refractivity contribution < 1.29 is 13.2 Å². The van der Waals surface area contributed by atoms with Gasteiger partial charge in [0.15, 0.2) is 5.96 Å². The summed E-state index contributed by atoms with van der Waals surface area (Å²) in [6.45, 7) is 6.70. The van der Waals surface area contributed by atoms with E-state index < -0.39 is 10.0 Å². The second kappa shape index (κ2) is 13.1. The van der Waals surface area contributed by atoms with Crippen LogP contribution in [-0.4, -0.2) is 71.4 Å². The zero-order chi connectivity index (χ0) is 18.8. The molecule has 7 nitrogen and oxygen atoms in total. The van der Waals surface area contributed by atoms with Crippen LogP contribution in [0.3, 0.4) is 0 Å². The molecule has 0 amide bonds. The number of aliphatic imine (C=N–C) groups is 1. The van der Waals surface area contributed by atoms with Gasteiger partial charge in [0.25, 0.3) is 0 Å². The van der Waals surface area contributed by atoms with Gasteiger partial charge >= 0.3 is 0 Å². The molecule has 0 aromatic heterocycles. The van der Waals surface area contributed by atoms with E-state index in [1.807, 2.05) is 13.8 Å². The van der Waals surface area contributed by atoms with Crippen LogP contribution < -0.4 is 10.6 Å². The van der Waals surface area contributed by atoms with Crippen molar-refractivity contribution in [1.82, 2.24) is 14.9 Å². The average molecular weight is 504 g/mol. The van der Waals surface area contributed by atoms with Crippen LogP contribution in [0, 0.1) is 5.41 Å². The molecule has 2 N–H and O–H groups in total. The molecule has 26 heavy (non-hydrogen) atoms. The lowest BCUT2D eigenvalue weighted by Gasteiger charge is -2.30. The molecule has 0 atom stereocenters. The largest absolute Gasteiger partial charge is 0.385 e. The van der Waals surface area contributed by atoms with Crippen molar-refractivity contribution in [2.24, 2.45) is 10.4 Å². The van der Waals surface area contributed by atoms with Gasteiger partial charge in [-0.05, 0) is 24.7 Å². The predicted octanol–water partition coefficient (Wildman–Crippen LogP) is 2.04. The topological polar surface area (TPSA) is 83.0 Å². The maximum Gasteiger partial charge on any atom is 0.215 e. The first-order chi connectivity index (χ1) is 11.9. The van der Waals surface area contributed by atoms with E-state index in [4.69, 9.17) is 4.74 Å². The minimum Gasteiger partial charge on any atom is -0.385 e. The van der Waals surface area contributed by atoms with Gasteiger partial charge in [0.1, 0.15) is 0 Å². The van der Waals surface area contributed by atoms with E-state index >= 15 is 0 Å². The van der Waals surface area contributed by atoms with Gasteiger partial charge in [0.2, 0.25) is 10.0 Å². The minimum absolute atomic E-state index is 0. The number of methoxy groups -OCH3 is 1. The van der Waals surface area contributed by atoms with Crippen molar-refractivity contribution in [2.75, 3.05) is 52.7 Å². The van der Waals surface area contributed by atoms with E-state index in [0.717, 1.165) is 19.6 Å². The highest BCUT2D eigenvalue weighted by atomic mass is 127. The lowest BCUT2D eigenvalue weighted by molar-refractivity contribution is 0.138. The van der Waals surface area contributed by atoms with Crippen molar-refractivity contribution >= 4 is 40.0 Å². The smallest absolute Gasteiger partial charge is 0.215 e. The third-order valence-electron chi connectivity index (χ3n) is 5.11. The molecule has 0 unspecified atom stereocenters. The molecule has 1 rings (SSSR count). The molecule has 0 heterocycles. The molecule has 0 aromatic rings. The van der Waals surface area contributed by atoms with Gasteiger partial charge < -0.3 is 15.4 Å². The minimum atomic E-state index is -3.21. The monoisotopic (exact) mass is 504 g/mol. The second-order valence-electron chi connectivity index (χ2n) is 6.70. The standard InChI is InChI=1S/C17H36N4O3S.HI/c1-5-21(6-2)25(22,23)14-12-19-16(18-3)20-15-17(11-13-24-4)9-7-8-10-17;/h5-15H2,1-4H3,(H2,18,19,20);1H. The van der Waals surface area contributed by atoms with Crippen LogP contribution in [0.5, 0.6) is 0 Å². The van der Waals surface area contributed by atoms with Crippen LogP contribution in [0.15, 0.2) is 4.99 Å². The van der Waals surface area contributed by atoms with Gasteiger partial charge in [-0.1, -0.05) is 26.7 Å². The molecule has 0 spiro atoms. The van der Waals surface area contributed by atoms with E-state index in [0.29, 0.717) is 25.6 Å². The van der Waals surface area contributed by atoms with Crippen molar-refractivity contribution in [1.29, 1.82) is 0 Å². The van der Waals surface area contributed by atoms with Crippen molar-refractivity contribution in [3.05, 3.63) is 0 Å². The zero-order valence-corrected chi connectivity index (χ0v) is 19.9. The first-order valence-electron chi connectivity index (χ1n) is 9.34. The lowest BCUT2D eigenvalue weighted by atomic mass is 9.83. The average Bonchev–Trinajstić information content (AvgIpc) is 3.06. The first-order valence-corrected chi connectivity index (χ1v) is 10.9. The number of sulfonamides is 1. The van der Waals surface area contributed by atoms with Crippen LogP contribution in [0.2, 0.25) is 0 Å². The van der Waals surface area contributed by atoms with Gasteiger partial charge in [-0.3, -0.25) is 4.99 Å². The quantitative estimate of drug-likeness (QED) is 0.256. The maximum absolute atomic E-state index is 12.2. The molecule has 1 aliphatic carbocycles. The Morgan fingerprint density at radius 1 is 1.19 bits per heavy atom. The molecule has 0 radical (unpaired) electrons. The molecule has 0 aromatic carbocycles. The number of rotatable bonds is 11. The van der Waals surface area contributed by atoms with E-state index in [1.54, 1.807) is 14.2 Å². The third-order valence-corrected chi connectivity index (χ3v) is 7.13. The summed E-state index contributed by atoms with van der Waals surface area (Å²) >= 11 is 0. The van der Waals surface area contributed by atoms with Crippen molar-refractivity contribution in [3.63, 3.8) is 0 Å². The summed E-state index contributed by atoms with van der Waals surface area (Å²) in [7, 11) is 0.246. The molecule has 1 aliphatic rings. The Labute approximate surface area is 176 Å². The SMILES string of the molecule is CCN(CC)S(=O)(=O)CCNC(=NC)NCC1(CCOC)CCCC1.I. The fourth-order valence-electron chi connectivity index (χ4n) is 3.50. The Morgan fingerprint density at radius 3 is 2.31 bits per heavy atom. The fraction of sp³-hybridized carbons (Fsp3) is 0.941. The van der Waals surface area contributed by atoms with Crippen molar-refractivity contribution in [3.8, 4) is 0 Å². The molecule has 1 saturated carbocycles. The number of hydrogen-bond donors (Lipinski definition) is 2. The predicted molar refractivity (Wildman–Crippen MR) is 119 cm³/mol. The van der Waals surface area contributed by atoms with Crippen LogP contribution in [0.4, 0.5) is 0 Å². The second-order valence-corrected chi connectivity index (χ2v) is 8.79. The Kier molecular flexibility index (Phi) is 13.0. The number of hydrogen-bond acceptors (Lipinski definition) is 4. The highest BCUT2D eigenvalue weighted by Crippen LogP contribution is 2.40. The molecule has 0 aliphatic heterocycles. The lowest BCUT2D eigenvalue weighted by Crippen LogP contribution is -2.45. The van der Waals surface area contributed by atoms with Crippen LogP contribution in [-0.2, 0) is 14.8 Å². The number of ether oxygens (including phenoxy) is 1. The summed E-state index contributed by atoms with van der Waals surface area (Å²) < 4.78 is 31.2. The molecule has 156 valence electrons.